The number of rotatable bonds is 19. The minimum absolute atomic E-state index is 0.0443. The van der Waals surface area contributed by atoms with E-state index in [1.807, 2.05) is 44.2 Å². The molecule has 57 heavy (non-hydrogen) atoms. The number of oxime groups is 1. The minimum atomic E-state index is -1.46. The molecular formula is C45H56FN3O8. The molecule has 2 N–H and O–H groups in total. The summed E-state index contributed by atoms with van der Waals surface area (Å²) < 4.78 is 40.1. The van der Waals surface area contributed by atoms with E-state index < -0.39 is 23.8 Å². The summed E-state index contributed by atoms with van der Waals surface area (Å²) in [5.41, 5.74) is 4.95. The Balaban J connectivity index is 1.56. The summed E-state index contributed by atoms with van der Waals surface area (Å²) in [4.78, 5) is 26.0. The lowest BCUT2D eigenvalue weighted by Crippen LogP contribution is -2.70. The van der Waals surface area contributed by atoms with Gasteiger partial charge < -0.3 is 34.0 Å². The van der Waals surface area contributed by atoms with E-state index in [1.165, 1.54) is 19.2 Å². The second-order valence-corrected chi connectivity index (χ2v) is 15.0. The summed E-state index contributed by atoms with van der Waals surface area (Å²) in [6, 6.07) is 16.9. The number of aryl methyl sites for hydroxylation is 1. The lowest BCUT2D eigenvalue weighted by Gasteiger charge is -2.59. The zero-order chi connectivity index (χ0) is 40.4. The van der Waals surface area contributed by atoms with Crippen LogP contribution in [0.1, 0.15) is 80.3 Å². The molecule has 3 aliphatic rings. The molecule has 6 atom stereocenters. The van der Waals surface area contributed by atoms with Gasteiger partial charge in [-0.2, -0.15) is 0 Å². The van der Waals surface area contributed by atoms with Crippen LogP contribution in [0, 0.1) is 30.5 Å². The molecule has 2 aromatic carbocycles. The van der Waals surface area contributed by atoms with Crippen LogP contribution < -0.4 is 9.47 Å². The molecule has 1 aliphatic heterocycles. The molecule has 12 heteroatoms. The number of fused-ring (bicyclic) bond motifs is 2. The average Bonchev–Trinajstić information content (AvgIpc) is 3.22. The maximum absolute atomic E-state index is 14.1. The van der Waals surface area contributed by atoms with Crippen LogP contribution in [0.5, 0.6) is 11.5 Å². The van der Waals surface area contributed by atoms with Crippen molar-refractivity contribution in [2.45, 2.75) is 89.7 Å². The smallest absolute Gasteiger partial charge is 0.410 e. The molecule has 11 nitrogen and oxygen atoms in total. The van der Waals surface area contributed by atoms with Gasteiger partial charge in [0.05, 0.1) is 31.0 Å². The Kier molecular flexibility index (Phi) is 14.4. The van der Waals surface area contributed by atoms with Crippen LogP contribution in [-0.4, -0.2) is 77.3 Å². The largest absolute Gasteiger partial charge is 0.487 e. The van der Waals surface area contributed by atoms with Crippen LogP contribution in [0.3, 0.4) is 0 Å². The van der Waals surface area contributed by atoms with Crippen molar-refractivity contribution in [2.24, 2.45) is 22.9 Å². The van der Waals surface area contributed by atoms with Gasteiger partial charge in [0.15, 0.2) is 0 Å². The topological polar surface area (TPSA) is 132 Å². The Bertz CT molecular complexity index is 1890. The first kappa shape index (κ1) is 41.8. The monoisotopic (exact) mass is 785 g/mol. The van der Waals surface area contributed by atoms with E-state index in [9.17, 15) is 19.4 Å². The maximum Gasteiger partial charge on any atom is 0.410 e. The first-order valence-corrected chi connectivity index (χ1v) is 20.1. The number of aliphatic hydroxyl groups excluding tert-OH is 2. The van der Waals surface area contributed by atoms with Crippen molar-refractivity contribution < 1.29 is 43.2 Å². The Labute approximate surface area is 335 Å². The van der Waals surface area contributed by atoms with Gasteiger partial charge >= 0.3 is 6.09 Å². The number of aliphatic hydroxyl groups is 2. The molecule has 1 fully saturated rings. The van der Waals surface area contributed by atoms with E-state index >= 15 is 0 Å². The van der Waals surface area contributed by atoms with Gasteiger partial charge in [-0.15, -0.1) is 6.58 Å². The normalized spacial score (nSPS) is 24.1. The van der Waals surface area contributed by atoms with Gasteiger partial charge in [-0.3, -0.25) is 9.88 Å². The molecule has 6 rings (SSSR count). The SMILES string of the molecule is C=CCO[C@@]12Oc3ccc(OCc4cccc(C)n4)cc3[C@H]3[C@H](CCCCO)[C@@H](CCCCO)C=C(C(=NOCC)C[C@@H]1N(Cc1ccc(F)cc1)C(=O)OC)[C@H]32. The van der Waals surface area contributed by atoms with Gasteiger partial charge in [0, 0.05) is 43.4 Å². The number of nitrogens with zero attached hydrogens (tertiary/aromatic N) is 3. The van der Waals surface area contributed by atoms with Gasteiger partial charge in [-0.25, -0.2) is 9.18 Å². The van der Waals surface area contributed by atoms with E-state index in [-0.39, 0.29) is 63.0 Å². The van der Waals surface area contributed by atoms with E-state index in [0.717, 1.165) is 48.2 Å². The number of allylic oxidation sites excluding steroid dienone is 1. The summed E-state index contributed by atoms with van der Waals surface area (Å²) in [7, 11) is 1.34. The fourth-order valence-corrected chi connectivity index (χ4v) is 8.92. The highest BCUT2D eigenvalue weighted by Gasteiger charge is 2.65. The van der Waals surface area contributed by atoms with E-state index in [4.69, 9.17) is 28.9 Å². The summed E-state index contributed by atoms with van der Waals surface area (Å²) >= 11 is 0. The average molecular weight is 786 g/mol. The third-order valence-electron chi connectivity index (χ3n) is 11.3. The number of ether oxygens (including phenoxy) is 4. The molecule has 2 heterocycles. The molecule has 1 aromatic heterocycles. The number of unbranched alkanes of at least 4 members (excludes halogenated alkanes) is 2. The fraction of sp³-hybridized carbons (Fsp3) is 0.489. The quantitative estimate of drug-likeness (QED) is 0.0705. The number of carbonyl (C=O) groups excluding carboxylic acids is 1. The molecule has 0 bridgehead atoms. The number of pyridine rings is 1. The zero-order valence-electron chi connectivity index (χ0n) is 33.3. The van der Waals surface area contributed by atoms with Gasteiger partial charge in [-0.05, 0) is 105 Å². The van der Waals surface area contributed by atoms with E-state index in [0.29, 0.717) is 42.2 Å². The lowest BCUT2D eigenvalue weighted by molar-refractivity contribution is -0.256. The second-order valence-electron chi connectivity index (χ2n) is 15.0. The number of benzene rings is 2. The van der Waals surface area contributed by atoms with Gasteiger partial charge in [0.1, 0.15) is 36.6 Å². The Morgan fingerprint density at radius 1 is 1.09 bits per heavy atom. The molecule has 0 unspecified atom stereocenters. The molecule has 2 aliphatic carbocycles. The molecule has 0 spiro atoms. The third-order valence-corrected chi connectivity index (χ3v) is 11.3. The summed E-state index contributed by atoms with van der Waals surface area (Å²) in [6.07, 6.45) is 8.12. The summed E-state index contributed by atoms with van der Waals surface area (Å²) in [5.74, 6) is -1.18. The number of halogens is 1. The van der Waals surface area contributed by atoms with Crippen molar-refractivity contribution in [3.8, 4) is 11.5 Å². The molecule has 306 valence electrons. The fourth-order valence-electron chi connectivity index (χ4n) is 8.92. The first-order valence-electron chi connectivity index (χ1n) is 20.1. The molecule has 3 aromatic rings. The zero-order valence-corrected chi connectivity index (χ0v) is 33.3. The van der Waals surface area contributed by atoms with Crippen molar-refractivity contribution in [1.82, 2.24) is 9.88 Å². The van der Waals surface area contributed by atoms with Crippen LogP contribution in [0.25, 0.3) is 0 Å². The predicted octanol–water partition coefficient (Wildman–Crippen LogP) is 8.03. The highest BCUT2D eigenvalue weighted by Crippen LogP contribution is 2.62. The van der Waals surface area contributed by atoms with Crippen LogP contribution in [0.4, 0.5) is 9.18 Å². The van der Waals surface area contributed by atoms with Crippen LogP contribution in [-0.2, 0) is 27.5 Å². The lowest BCUT2D eigenvalue weighted by atomic mass is 9.55. The number of hydrogen-bond acceptors (Lipinski definition) is 10. The molecular weight excluding hydrogens is 730 g/mol. The van der Waals surface area contributed by atoms with E-state index in [1.54, 1.807) is 23.1 Å². The predicted molar refractivity (Wildman–Crippen MR) is 214 cm³/mol. The number of carbonyl (C=O) groups is 1. The van der Waals surface area contributed by atoms with Crippen LogP contribution >= 0.6 is 0 Å². The van der Waals surface area contributed by atoms with E-state index in [2.05, 4.69) is 23.7 Å². The van der Waals surface area contributed by atoms with Gasteiger partial charge in [-0.1, -0.05) is 48.3 Å². The number of methoxy groups -OCH3 is 1. The van der Waals surface area contributed by atoms with Gasteiger partial charge in [0.2, 0.25) is 5.79 Å². The molecule has 0 saturated heterocycles. The van der Waals surface area contributed by atoms with Crippen molar-refractivity contribution >= 4 is 11.8 Å². The second kappa shape index (κ2) is 19.6. The van der Waals surface area contributed by atoms with Crippen molar-refractivity contribution in [3.63, 3.8) is 0 Å². The minimum Gasteiger partial charge on any atom is -0.487 e. The van der Waals surface area contributed by atoms with Crippen molar-refractivity contribution in [1.29, 1.82) is 0 Å². The summed E-state index contributed by atoms with van der Waals surface area (Å²) in [6.45, 7) is 8.80. The molecule has 0 radical (unpaired) electrons. The van der Waals surface area contributed by atoms with Crippen molar-refractivity contribution in [3.05, 3.63) is 113 Å². The molecule has 1 amide bonds. The Hall–Kier alpha value is -4.78. The summed E-state index contributed by atoms with van der Waals surface area (Å²) in [5, 5.41) is 24.4. The van der Waals surface area contributed by atoms with Gasteiger partial charge in [0.25, 0.3) is 0 Å². The molecule has 1 saturated carbocycles. The first-order chi connectivity index (χ1) is 27.8. The van der Waals surface area contributed by atoms with Crippen molar-refractivity contribution in [2.75, 3.05) is 33.5 Å². The van der Waals surface area contributed by atoms with Crippen LogP contribution in [0.2, 0.25) is 0 Å². The number of amides is 1. The standard InChI is InChI=1S/C45H56FN3O8/c1-5-24-55-45-41(49(44(52)53-4)28-31-16-18-33(46)19-17-31)27-39(48-56-6-2)37-25-32(13-7-9-22-50)36(15-8-10-23-51)42(43(37)45)38-26-35(20-21-40(38)57-45)54-29-34-14-11-12-30(3)47-34/h5,11-12,14,16-21,25-26,32,36,41-43,50-51H,1,6-10,13,15,22-24,27-29H2,2-4H3/t32-,36+,41-,42+,43+,45+/m0/s1. The number of aromatic nitrogens is 1. The van der Waals surface area contributed by atoms with Crippen LogP contribution in [0.15, 0.2) is 90.1 Å². The Morgan fingerprint density at radius 2 is 1.86 bits per heavy atom. The maximum atomic E-state index is 14.1. The highest BCUT2D eigenvalue weighted by atomic mass is 19.1. The third kappa shape index (κ3) is 9.35. The Morgan fingerprint density at radius 3 is 2.56 bits per heavy atom. The highest BCUT2D eigenvalue weighted by molar-refractivity contribution is 6.03. The number of hydrogen-bond donors (Lipinski definition) is 2.